The van der Waals surface area contributed by atoms with Gasteiger partial charge in [-0.1, -0.05) is 0 Å². The largest absolute Gasteiger partial charge is 0.495 e. The summed E-state index contributed by atoms with van der Waals surface area (Å²) in [7, 11) is -2.63. The third-order valence-corrected chi connectivity index (χ3v) is 6.39. The first kappa shape index (κ1) is 22.8. The molecule has 154 valence electrons. The molecule has 0 aliphatic carbocycles. The van der Waals surface area contributed by atoms with E-state index in [2.05, 4.69) is 52.5 Å². The fourth-order valence-electron chi connectivity index (χ4n) is 2.11. The molecule has 2 rings (SSSR count). The molecule has 0 fully saturated rings. The Hall–Kier alpha value is -1.47. The summed E-state index contributed by atoms with van der Waals surface area (Å²) in [6.45, 7) is 5.21. The van der Waals surface area contributed by atoms with Crippen LogP contribution in [0.3, 0.4) is 0 Å². The third-order valence-electron chi connectivity index (χ3n) is 3.93. The van der Waals surface area contributed by atoms with E-state index in [1.807, 2.05) is 6.92 Å². The molecule has 9 nitrogen and oxygen atoms in total. The lowest BCUT2D eigenvalue weighted by Crippen LogP contribution is -2.39. The van der Waals surface area contributed by atoms with Crippen LogP contribution in [0.2, 0.25) is 0 Å². The van der Waals surface area contributed by atoms with Gasteiger partial charge < -0.3 is 20.5 Å². The zero-order valence-electron chi connectivity index (χ0n) is 15.6. The minimum atomic E-state index is -3.98. The highest BCUT2D eigenvalue weighted by atomic mass is 79.9. The fraction of sp³-hybridized carbons (Fsp3) is 0.375. The average molecular weight is 539 g/mol. The summed E-state index contributed by atoms with van der Waals surface area (Å²) in [5.74, 6) is 0.816. The molecular formula is C16H21Br2N5O4S. The van der Waals surface area contributed by atoms with E-state index in [9.17, 15) is 13.5 Å². The molecule has 0 aliphatic rings. The number of nitrogens with one attached hydrogen (secondary N) is 2. The average Bonchev–Trinajstić information content (AvgIpc) is 2.55. The van der Waals surface area contributed by atoms with Crippen molar-refractivity contribution in [2.24, 2.45) is 5.14 Å². The highest BCUT2D eigenvalue weighted by Gasteiger charge is 2.24. The Balaban J connectivity index is 2.36. The number of aliphatic hydroxyl groups is 1. The van der Waals surface area contributed by atoms with Gasteiger partial charge in [0.25, 0.3) is 0 Å². The molecule has 1 aromatic carbocycles. The number of aromatic nitrogens is 2. The Labute approximate surface area is 180 Å². The van der Waals surface area contributed by atoms with Crippen LogP contribution >= 0.6 is 31.9 Å². The molecule has 1 aromatic heterocycles. The number of sulfonamides is 1. The van der Waals surface area contributed by atoms with Crippen LogP contribution in [0.4, 0.5) is 17.5 Å². The van der Waals surface area contributed by atoms with Crippen LogP contribution in [-0.2, 0) is 10.0 Å². The lowest BCUT2D eigenvalue weighted by Gasteiger charge is -2.27. The number of ether oxygens (including phenoxy) is 1. The van der Waals surface area contributed by atoms with Gasteiger partial charge in [-0.3, -0.25) is 0 Å². The minimum Gasteiger partial charge on any atom is -0.495 e. The Bertz CT molecular complexity index is 980. The number of rotatable bonds is 7. The maximum atomic E-state index is 11.8. The molecule has 0 unspecified atom stereocenters. The van der Waals surface area contributed by atoms with Crippen molar-refractivity contribution in [3.05, 3.63) is 27.3 Å². The lowest BCUT2D eigenvalue weighted by molar-refractivity contribution is 0.0647. The number of nitrogens with two attached hydrogens (primary N) is 1. The molecule has 28 heavy (non-hydrogen) atoms. The summed E-state index contributed by atoms with van der Waals surface area (Å²) >= 11 is 6.57. The first-order valence-corrected chi connectivity index (χ1v) is 11.1. The molecule has 12 heteroatoms. The quantitative estimate of drug-likeness (QED) is 0.422. The van der Waals surface area contributed by atoms with E-state index in [0.717, 1.165) is 0 Å². The van der Waals surface area contributed by atoms with E-state index >= 15 is 0 Å². The van der Waals surface area contributed by atoms with Crippen molar-refractivity contribution < 1.29 is 18.3 Å². The summed E-state index contributed by atoms with van der Waals surface area (Å²) < 4.78 is 29.5. The van der Waals surface area contributed by atoms with Crippen LogP contribution in [0.25, 0.3) is 0 Å². The smallest absolute Gasteiger partial charge is 0.242 e. The Morgan fingerprint density at radius 1 is 1.29 bits per heavy atom. The number of primary sulfonamides is 1. The number of hydrogen-bond acceptors (Lipinski definition) is 8. The van der Waals surface area contributed by atoms with Gasteiger partial charge in [-0.15, -0.1) is 0 Å². The monoisotopic (exact) mass is 537 g/mol. The van der Waals surface area contributed by atoms with Gasteiger partial charge in [0.1, 0.15) is 16.5 Å². The van der Waals surface area contributed by atoms with Gasteiger partial charge in [-0.25, -0.2) is 18.5 Å². The first-order valence-electron chi connectivity index (χ1n) is 8.01. The highest BCUT2D eigenvalue weighted by molar-refractivity contribution is 9.10. The second-order valence-corrected chi connectivity index (χ2v) is 9.78. The summed E-state index contributed by atoms with van der Waals surface area (Å²) in [6.07, 6.45) is 1.56. The van der Waals surface area contributed by atoms with Crippen molar-refractivity contribution in [2.45, 2.75) is 37.3 Å². The molecule has 1 atom stereocenters. The summed E-state index contributed by atoms with van der Waals surface area (Å²) in [5, 5.41) is 21.5. The van der Waals surface area contributed by atoms with Gasteiger partial charge in [0.15, 0.2) is 0 Å². The lowest BCUT2D eigenvalue weighted by atomic mass is 10.0. The normalized spacial score (nSPS) is 13.1. The number of halogens is 2. The van der Waals surface area contributed by atoms with Crippen molar-refractivity contribution in [3.63, 3.8) is 0 Å². The van der Waals surface area contributed by atoms with Crippen molar-refractivity contribution in [1.82, 2.24) is 9.97 Å². The van der Waals surface area contributed by atoms with E-state index in [1.165, 1.54) is 19.2 Å². The number of anilines is 3. The first-order chi connectivity index (χ1) is 12.8. The molecule has 0 amide bonds. The van der Waals surface area contributed by atoms with Crippen LogP contribution in [0, 0.1) is 0 Å². The van der Waals surface area contributed by atoms with Gasteiger partial charge in [0.05, 0.1) is 23.2 Å². The molecule has 0 aliphatic heterocycles. The van der Waals surface area contributed by atoms with E-state index in [1.54, 1.807) is 20.0 Å². The van der Waals surface area contributed by atoms with E-state index < -0.39 is 15.6 Å². The van der Waals surface area contributed by atoms with E-state index in [4.69, 9.17) is 9.88 Å². The van der Waals surface area contributed by atoms with Crippen LogP contribution in [0.1, 0.15) is 20.8 Å². The minimum absolute atomic E-state index is 0.0745. The topological polar surface area (TPSA) is 139 Å². The number of nitrogens with zero attached hydrogens (tertiary/aromatic N) is 2. The number of methoxy groups -OCH3 is 1. The van der Waals surface area contributed by atoms with Crippen LogP contribution in [0.5, 0.6) is 5.75 Å². The van der Waals surface area contributed by atoms with Gasteiger partial charge >= 0.3 is 0 Å². The van der Waals surface area contributed by atoms with Gasteiger partial charge in [0, 0.05) is 22.4 Å². The highest BCUT2D eigenvalue weighted by Crippen LogP contribution is 2.35. The van der Waals surface area contributed by atoms with Crippen molar-refractivity contribution in [3.8, 4) is 5.75 Å². The molecule has 5 N–H and O–H groups in total. The summed E-state index contributed by atoms with van der Waals surface area (Å²) in [4.78, 5) is 8.42. The van der Waals surface area contributed by atoms with Crippen molar-refractivity contribution in [2.75, 3.05) is 17.7 Å². The van der Waals surface area contributed by atoms with Gasteiger partial charge in [0.2, 0.25) is 16.0 Å². The van der Waals surface area contributed by atoms with Crippen LogP contribution in [-0.4, -0.2) is 42.2 Å². The van der Waals surface area contributed by atoms with Crippen LogP contribution in [0.15, 0.2) is 32.2 Å². The Morgan fingerprint density at radius 2 is 1.93 bits per heavy atom. The van der Waals surface area contributed by atoms with E-state index in [0.29, 0.717) is 16.0 Å². The zero-order valence-corrected chi connectivity index (χ0v) is 19.6. The second kappa shape index (κ2) is 8.49. The Kier molecular flexibility index (Phi) is 6.92. The Morgan fingerprint density at radius 3 is 2.46 bits per heavy atom. The van der Waals surface area contributed by atoms with Crippen molar-refractivity contribution >= 4 is 59.3 Å². The van der Waals surface area contributed by atoms with Gasteiger partial charge in [-0.2, -0.15) is 4.98 Å². The fourth-order valence-corrected chi connectivity index (χ4v) is 4.29. The number of hydrogen-bond donors (Lipinski definition) is 4. The predicted octanol–water partition coefficient (Wildman–Crippen LogP) is 2.97. The van der Waals surface area contributed by atoms with Crippen molar-refractivity contribution in [1.29, 1.82) is 0 Å². The van der Waals surface area contributed by atoms with E-state index in [-0.39, 0.29) is 27.1 Å². The molecule has 0 bridgehead atoms. The molecular weight excluding hydrogens is 518 g/mol. The molecule has 0 saturated heterocycles. The molecule has 0 radical (unpaired) electrons. The third kappa shape index (κ3) is 5.54. The zero-order chi connectivity index (χ0) is 21.3. The van der Waals surface area contributed by atoms with Gasteiger partial charge in [-0.05, 0) is 58.7 Å². The molecule has 2 aromatic rings. The maximum absolute atomic E-state index is 11.8. The summed E-state index contributed by atoms with van der Waals surface area (Å²) in [5.41, 5.74) is -0.473. The van der Waals surface area contributed by atoms with Crippen LogP contribution < -0.4 is 20.5 Å². The number of benzene rings is 1. The second-order valence-electron chi connectivity index (χ2n) is 6.57. The standard InChI is InChI=1S/C16H21Br2N5O4S/c1-8(16(2,3)24)21-14-11(18)7-20-15(23-14)22-9-5-10(17)13(28(19,25)26)12(6-9)27-4/h5-8,24H,1-4H3,(H2,19,25,26)(H2,20,21,22,23)/t8-/m1/s1. The molecule has 0 spiro atoms. The maximum Gasteiger partial charge on any atom is 0.242 e. The predicted molar refractivity (Wildman–Crippen MR) is 114 cm³/mol. The summed E-state index contributed by atoms with van der Waals surface area (Å²) in [6, 6.07) is 2.72. The SMILES string of the molecule is COc1cc(Nc2ncc(Br)c(N[C@H](C)C(C)(C)O)n2)cc(Br)c1S(N)(=O)=O. The molecule has 1 heterocycles. The molecule has 0 saturated carbocycles.